The van der Waals surface area contributed by atoms with E-state index in [-0.39, 0.29) is 11.8 Å². The van der Waals surface area contributed by atoms with Crippen LogP contribution in [-0.4, -0.2) is 12.5 Å². The summed E-state index contributed by atoms with van der Waals surface area (Å²) >= 11 is 0. The maximum Gasteiger partial charge on any atom is 0.227 e. The molecule has 70 valence electrons. The second kappa shape index (κ2) is 4.65. The Morgan fingerprint density at radius 3 is 2.54 bits per heavy atom. The van der Waals surface area contributed by atoms with Gasteiger partial charge in [0.05, 0.1) is 5.92 Å². The van der Waals surface area contributed by atoms with Gasteiger partial charge < -0.3 is 5.32 Å². The van der Waals surface area contributed by atoms with Gasteiger partial charge in [-0.2, -0.15) is 0 Å². The van der Waals surface area contributed by atoms with Gasteiger partial charge in [-0.05, 0) is 19.4 Å². The standard InChI is InChI=1S/C11H15NO/c1-3-12-11(13)9(2)10-7-5-4-6-8-10/h4-9H,3H2,1-2H3,(H,12,13)/t9-/m1/s1. The third kappa shape index (κ3) is 2.58. The minimum absolute atomic E-state index is 0.0545. The highest BCUT2D eigenvalue weighted by Crippen LogP contribution is 2.13. The van der Waals surface area contributed by atoms with Gasteiger partial charge in [0.15, 0.2) is 0 Å². The first-order chi connectivity index (χ1) is 6.25. The fraction of sp³-hybridized carbons (Fsp3) is 0.364. The number of carbonyl (C=O) groups is 1. The number of carbonyl (C=O) groups excluding carboxylic acids is 1. The summed E-state index contributed by atoms with van der Waals surface area (Å²) in [6.07, 6.45) is 0. The van der Waals surface area contributed by atoms with Crippen molar-refractivity contribution in [3.8, 4) is 0 Å². The molecule has 0 aromatic heterocycles. The first-order valence-corrected chi connectivity index (χ1v) is 4.58. The van der Waals surface area contributed by atoms with E-state index in [0.29, 0.717) is 6.54 Å². The van der Waals surface area contributed by atoms with Crippen LogP contribution in [0.4, 0.5) is 0 Å². The second-order valence-corrected chi connectivity index (χ2v) is 3.03. The lowest BCUT2D eigenvalue weighted by Crippen LogP contribution is -2.27. The Morgan fingerprint density at radius 2 is 2.00 bits per heavy atom. The molecule has 0 bridgehead atoms. The van der Waals surface area contributed by atoms with Gasteiger partial charge in [-0.15, -0.1) is 0 Å². The number of benzene rings is 1. The first kappa shape index (κ1) is 9.78. The number of likely N-dealkylation sites (N-methyl/N-ethyl adjacent to an activating group) is 1. The smallest absolute Gasteiger partial charge is 0.227 e. The first-order valence-electron chi connectivity index (χ1n) is 4.58. The minimum Gasteiger partial charge on any atom is -0.356 e. The molecule has 0 saturated carbocycles. The molecule has 0 aliphatic rings. The zero-order chi connectivity index (χ0) is 9.68. The van der Waals surface area contributed by atoms with E-state index in [0.717, 1.165) is 5.56 Å². The molecule has 0 saturated heterocycles. The fourth-order valence-electron chi connectivity index (χ4n) is 1.22. The molecule has 1 rings (SSSR count). The third-order valence-corrected chi connectivity index (χ3v) is 2.04. The topological polar surface area (TPSA) is 29.1 Å². The zero-order valence-corrected chi connectivity index (χ0v) is 8.08. The van der Waals surface area contributed by atoms with Gasteiger partial charge >= 0.3 is 0 Å². The molecule has 2 nitrogen and oxygen atoms in total. The van der Waals surface area contributed by atoms with Crippen molar-refractivity contribution in [3.63, 3.8) is 0 Å². The van der Waals surface area contributed by atoms with Crippen molar-refractivity contribution in [2.45, 2.75) is 19.8 Å². The maximum atomic E-state index is 11.4. The molecule has 1 amide bonds. The Bertz CT molecular complexity index is 269. The van der Waals surface area contributed by atoms with E-state index < -0.39 is 0 Å². The SMILES string of the molecule is CCNC(=O)[C@H](C)c1ccccc1. The summed E-state index contributed by atoms with van der Waals surface area (Å²) in [6, 6.07) is 9.80. The number of amides is 1. The molecule has 1 atom stereocenters. The summed E-state index contributed by atoms with van der Waals surface area (Å²) in [5, 5.41) is 2.80. The average molecular weight is 177 g/mol. The number of rotatable bonds is 3. The van der Waals surface area contributed by atoms with E-state index in [9.17, 15) is 4.79 Å². The van der Waals surface area contributed by atoms with Gasteiger partial charge in [0.2, 0.25) is 5.91 Å². The highest BCUT2D eigenvalue weighted by Gasteiger charge is 2.12. The minimum atomic E-state index is -0.0545. The van der Waals surface area contributed by atoms with Crippen LogP contribution < -0.4 is 5.32 Å². The van der Waals surface area contributed by atoms with Gasteiger partial charge in [-0.25, -0.2) is 0 Å². The third-order valence-electron chi connectivity index (χ3n) is 2.04. The lowest BCUT2D eigenvalue weighted by atomic mass is 10.0. The maximum absolute atomic E-state index is 11.4. The summed E-state index contributed by atoms with van der Waals surface area (Å²) in [5.74, 6) is 0.0369. The van der Waals surface area contributed by atoms with Crippen LogP contribution in [-0.2, 0) is 4.79 Å². The summed E-state index contributed by atoms with van der Waals surface area (Å²) < 4.78 is 0. The molecule has 0 spiro atoms. The van der Waals surface area contributed by atoms with E-state index in [1.165, 1.54) is 0 Å². The Labute approximate surface area is 79.0 Å². The largest absolute Gasteiger partial charge is 0.356 e. The van der Waals surface area contributed by atoms with Crippen LogP contribution in [0.5, 0.6) is 0 Å². The van der Waals surface area contributed by atoms with Crippen molar-refractivity contribution < 1.29 is 4.79 Å². The van der Waals surface area contributed by atoms with Crippen molar-refractivity contribution in [1.29, 1.82) is 0 Å². The quantitative estimate of drug-likeness (QED) is 0.751. The Hall–Kier alpha value is -1.31. The van der Waals surface area contributed by atoms with E-state index >= 15 is 0 Å². The van der Waals surface area contributed by atoms with Crippen molar-refractivity contribution in [3.05, 3.63) is 35.9 Å². The lowest BCUT2D eigenvalue weighted by molar-refractivity contribution is -0.122. The molecule has 1 aromatic rings. The van der Waals surface area contributed by atoms with Crippen LogP contribution in [0.3, 0.4) is 0 Å². The van der Waals surface area contributed by atoms with Crippen LogP contribution in [0, 0.1) is 0 Å². The highest BCUT2D eigenvalue weighted by atomic mass is 16.1. The monoisotopic (exact) mass is 177 g/mol. The number of hydrogen-bond donors (Lipinski definition) is 1. The van der Waals surface area contributed by atoms with Crippen molar-refractivity contribution in [2.75, 3.05) is 6.54 Å². The Balaban J connectivity index is 2.68. The van der Waals surface area contributed by atoms with Crippen molar-refractivity contribution in [1.82, 2.24) is 5.32 Å². The molecule has 0 radical (unpaired) electrons. The zero-order valence-electron chi connectivity index (χ0n) is 8.08. The molecular weight excluding hydrogens is 162 g/mol. The second-order valence-electron chi connectivity index (χ2n) is 3.03. The van der Waals surface area contributed by atoms with Gasteiger partial charge in [-0.1, -0.05) is 30.3 Å². The van der Waals surface area contributed by atoms with E-state index in [4.69, 9.17) is 0 Å². The van der Waals surface area contributed by atoms with E-state index in [1.807, 2.05) is 44.2 Å². The summed E-state index contributed by atoms with van der Waals surface area (Å²) in [7, 11) is 0. The molecule has 0 heterocycles. The normalized spacial score (nSPS) is 12.2. The average Bonchev–Trinajstić information content (AvgIpc) is 2.18. The van der Waals surface area contributed by atoms with Gasteiger partial charge in [-0.3, -0.25) is 4.79 Å². The summed E-state index contributed by atoms with van der Waals surface area (Å²) in [6.45, 7) is 4.53. The summed E-state index contributed by atoms with van der Waals surface area (Å²) in [5.41, 5.74) is 1.06. The molecule has 0 aliphatic carbocycles. The molecule has 1 aromatic carbocycles. The van der Waals surface area contributed by atoms with Crippen molar-refractivity contribution >= 4 is 5.91 Å². The molecule has 13 heavy (non-hydrogen) atoms. The number of hydrogen-bond acceptors (Lipinski definition) is 1. The van der Waals surface area contributed by atoms with Crippen LogP contribution in [0.1, 0.15) is 25.3 Å². The molecule has 0 fully saturated rings. The van der Waals surface area contributed by atoms with Gasteiger partial charge in [0.25, 0.3) is 0 Å². The van der Waals surface area contributed by atoms with E-state index in [1.54, 1.807) is 0 Å². The lowest BCUT2D eigenvalue weighted by Gasteiger charge is -2.10. The van der Waals surface area contributed by atoms with Crippen molar-refractivity contribution in [2.24, 2.45) is 0 Å². The van der Waals surface area contributed by atoms with Crippen LogP contribution in [0.25, 0.3) is 0 Å². The van der Waals surface area contributed by atoms with Crippen LogP contribution in [0.2, 0.25) is 0 Å². The Kier molecular flexibility index (Phi) is 3.50. The highest BCUT2D eigenvalue weighted by molar-refractivity contribution is 5.83. The predicted octanol–water partition coefficient (Wildman–Crippen LogP) is 1.93. The van der Waals surface area contributed by atoms with E-state index in [2.05, 4.69) is 5.32 Å². The van der Waals surface area contributed by atoms with Gasteiger partial charge in [0, 0.05) is 6.54 Å². The molecule has 2 heteroatoms. The number of nitrogens with one attached hydrogen (secondary N) is 1. The fourth-order valence-corrected chi connectivity index (χ4v) is 1.22. The molecule has 0 unspecified atom stereocenters. The Morgan fingerprint density at radius 1 is 1.38 bits per heavy atom. The van der Waals surface area contributed by atoms with Crippen LogP contribution in [0.15, 0.2) is 30.3 Å². The predicted molar refractivity (Wildman–Crippen MR) is 53.5 cm³/mol. The molecular formula is C11H15NO. The summed E-state index contributed by atoms with van der Waals surface area (Å²) in [4.78, 5) is 11.4. The van der Waals surface area contributed by atoms with Crippen LogP contribution >= 0.6 is 0 Å². The molecule has 1 N–H and O–H groups in total. The molecule has 0 aliphatic heterocycles. The van der Waals surface area contributed by atoms with Gasteiger partial charge in [0.1, 0.15) is 0 Å².